The number of aliphatic hydroxyl groups is 1. The minimum absolute atomic E-state index is 0.0312. The number of nitrogens with zero attached hydrogens (tertiary/aromatic N) is 1. The van der Waals surface area contributed by atoms with Gasteiger partial charge in [-0.25, -0.2) is 0 Å². The molecule has 0 bridgehead atoms. The van der Waals surface area contributed by atoms with Crippen molar-refractivity contribution in [2.24, 2.45) is 0 Å². The molecule has 0 saturated heterocycles. The van der Waals surface area contributed by atoms with E-state index in [0.29, 0.717) is 22.8 Å². The van der Waals surface area contributed by atoms with Crippen LogP contribution < -0.4 is 5.32 Å². The molecular formula is C17H19ClN2O2. The van der Waals surface area contributed by atoms with E-state index in [-0.39, 0.29) is 12.5 Å². The predicted octanol–water partition coefficient (Wildman–Crippen LogP) is 3.15. The number of carbonyl (C=O) groups is 1. The first-order chi connectivity index (χ1) is 10.5. The van der Waals surface area contributed by atoms with Crippen molar-refractivity contribution in [1.82, 2.24) is 4.90 Å². The van der Waals surface area contributed by atoms with Gasteiger partial charge in [-0.3, -0.25) is 4.79 Å². The molecule has 2 aromatic rings. The minimum atomic E-state index is -0.0743. The number of rotatable bonds is 5. The first-order valence-corrected chi connectivity index (χ1v) is 7.33. The van der Waals surface area contributed by atoms with Gasteiger partial charge in [0.05, 0.1) is 12.2 Å². The van der Waals surface area contributed by atoms with E-state index in [1.165, 1.54) is 4.90 Å². The van der Waals surface area contributed by atoms with Gasteiger partial charge in [0.2, 0.25) is 0 Å². The molecule has 0 radical (unpaired) electrons. The van der Waals surface area contributed by atoms with E-state index in [4.69, 9.17) is 16.7 Å². The molecule has 116 valence electrons. The second kappa shape index (κ2) is 7.29. The van der Waals surface area contributed by atoms with Crippen molar-refractivity contribution >= 4 is 23.2 Å². The van der Waals surface area contributed by atoms with Gasteiger partial charge in [0, 0.05) is 31.4 Å². The molecule has 0 heterocycles. The van der Waals surface area contributed by atoms with Crippen LogP contribution in [0.15, 0.2) is 42.5 Å². The Bertz CT molecular complexity index is 654. The van der Waals surface area contributed by atoms with Crippen LogP contribution in [0.2, 0.25) is 5.02 Å². The first-order valence-electron chi connectivity index (χ1n) is 6.95. The maximum Gasteiger partial charge on any atom is 0.255 e. The summed E-state index contributed by atoms with van der Waals surface area (Å²) < 4.78 is 0. The third-order valence-electron chi connectivity index (χ3n) is 3.31. The van der Waals surface area contributed by atoms with Gasteiger partial charge in [-0.1, -0.05) is 35.9 Å². The fraction of sp³-hybridized carbons (Fsp3) is 0.235. The number of hydrogen-bond acceptors (Lipinski definition) is 3. The number of carbonyl (C=O) groups excluding carboxylic acids is 1. The number of hydrogen-bond donors (Lipinski definition) is 2. The van der Waals surface area contributed by atoms with E-state index in [0.717, 1.165) is 11.1 Å². The summed E-state index contributed by atoms with van der Waals surface area (Å²) in [5.41, 5.74) is 3.22. The average molecular weight is 319 g/mol. The van der Waals surface area contributed by atoms with Gasteiger partial charge in [0.1, 0.15) is 0 Å². The van der Waals surface area contributed by atoms with Crippen molar-refractivity contribution in [2.75, 3.05) is 19.4 Å². The number of benzene rings is 2. The summed E-state index contributed by atoms with van der Waals surface area (Å²) in [6.07, 6.45) is 0. The summed E-state index contributed by atoms with van der Waals surface area (Å²) in [6.45, 7) is 0.600. The molecule has 5 heteroatoms. The molecule has 0 fully saturated rings. The van der Waals surface area contributed by atoms with Crippen molar-refractivity contribution in [3.63, 3.8) is 0 Å². The molecule has 2 rings (SSSR count). The second-order valence-electron chi connectivity index (χ2n) is 5.22. The summed E-state index contributed by atoms with van der Waals surface area (Å²) >= 11 is 6.03. The maximum absolute atomic E-state index is 12.2. The lowest BCUT2D eigenvalue weighted by molar-refractivity contribution is 0.0828. The summed E-state index contributed by atoms with van der Waals surface area (Å²) in [6, 6.07) is 12.8. The molecule has 0 spiro atoms. The Labute approximate surface area is 135 Å². The molecule has 22 heavy (non-hydrogen) atoms. The highest BCUT2D eigenvalue weighted by molar-refractivity contribution is 6.31. The van der Waals surface area contributed by atoms with Crippen molar-refractivity contribution in [2.45, 2.75) is 13.2 Å². The highest BCUT2D eigenvalue weighted by Crippen LogP contribution is 2.23. The van der Waals surface area contributed by atoms with Crippen LogP contribution in [-0.2, 0) is 13.2 Å². The van der Waals surface area contributed by atoms with Crippen molar-refractivity contribution in [3.8, 4) is 0 Å². The summed E-state index contributed by atoms with van der Waals surface area (Å²) in [7, 11) is 3.43. The number of aliphatic hydroxyl groups excluding tert-OH is 1. The number of amides is 1. The zero-order valence-corrected chi connectivity index (χ0v) is 13.4. The molecule has 0 unspecified atom stereocenters. The van der Waals surface area contributed by atoms with E-state index < -0.39 is 0 Å². The van der Waals surface area contributed by atoms with Gasteiger partial charge in [0.15, 0.2) is 0 Å². The van der Waals surface area contributed by atoms with Gasteiger partial charge in [0.25, 0.3) is 5.91 Å². The quantitative estimate of drug-likeness (QED) is 0.890. The Hall–Kier alpha value is -2.04. The van der Waals surface area contributed by atoms with Gasteiger partial charge in [-0.05, 0) is 29.3 Å². The van der Waals surface area contributed by atoms with Crippen molar-refractivity contribution in [3.05, 3.63) is 64.2 Å². The molecule has 0 saturated carbocycles. The third-order valence-corrected chi connectivity index (χ3v) is 3.54. The zero-order chi connectivity index (χ0) is 16.1. The maximum atomic E-state index is 12.2. The minimum Gasteiger partial charge on any atom is -0.392 e. The number of halogens is 1. The van der Waals surface area contributed by atoms with Crippen LogP contribution in [0.5, 0.6) is 0 Å². The van der Waals surface area contributed by atoms with Crippen LogP contribution in [0.1, 0.15) is 21.5 Å². The van der Waals surface area contributed by atoms with Gasteiger partial charge in [-0.2, -0.15) is 0 Å². The smallest absolute Gasteiger partial charge is 0.255 e. The van der Waals surface area contributed by atoms with Crippen molar-refractivity contribution < 1.29 is 9.90 Å². The normalized spacial score (nSPS) is 10.4. The average Bonchev–Trinajstić information content (AvgIpc) is 2.52. The Morgan fingerprint density at radius 2 is 1.77 bits per heavy atom. The summed E-state index contributed by atoms with van der Waals surface area (Å²) in [4.78, 5) is 13.7. The summed E-state index contributed by atoms with van der Waals surface area (Å²) in [5, 5.41) is 12.9. The van der Waals surface area contributed by atoms with E-state index in [2.05, 4.69) is 5.32 Å². The molecule has 0 aliphatic carbocycles. The fourth-order valence-corrected chi connectivity index (χ4v) is 2.22. The van der Waals surface area contributed by atoms with Crippen LogP contribution >= 0.6 is 11.6 Å². The Kier molecular flexibility index (Phi) is 5.41. The highest BCUT2D eigenvalue weighted by atomic mass is 35.5. The van der Waals surface area contributed by atoms with Gasteiger partial charge < -0.3 is 15.3 Å². The largest absolute Gasteiger partial charge is 0.392 e. The van der Waals surface area contributed by atoms with Crippen LogP contribution in [0.4, 0.5) is 5.69 Å². The van der Waals surface area contributed by atoms with Crippen LogP contribution in [0.25, 0.3) is 0 Å². The Morgan fingerprint density at radius 3 is 2.36 bits per heavy atom. The monoisotopic (exact) mass is 318 g/mol. The van der Waals surface area contributed by atoms with Gasteiger partial charge in [-0.15, -0.1) is 0 Å². The zero-order valence-electron chi connectivity index (χ0n) is 12.6. The van der Waals surface area contributed by atoms with Crippen LogP contribution in [0, 0.1) is 0 Å². The fourth-order valence-electron chi connectivity index (χ4n) is 2.05. The first kappa shape index (κ1) is 16.3. The Morgan fingerprint density at radius 1 is 1.14 bits per heavy atom. The lowest BCUT2D eigenvalue weighted by atomic mass is 10.1. The molecule has 2 N–H and O–H groups in total. The molecule has 0 atom stereocenters. The highest BCUT2D eigenvalue weighted by Gasteiger charge is 2.13. The van der Waals surface area contributed by atoms with Crippen LogP contribution in [-0.4, -0.2) is 30.0 Å². The molecule has 0 aromatic heterocycles. The lowest BCUT2D eigenvalue weighted by Crippen LogP contribution is -2.23. The predicted molar refractivity (Wildman–Crippen MR) is 89.2 cm³/mol. The molecule has 0 aliphatic rings. The molecule has 0 aliphatic heterocycles. The van der Waals surface area contributed by atoms with E-state index in [9.17, 15) is 4.79 Å². The molecule has 2 aromatic carbocycles. The number of nitrogens with one attached hydrogen (secondary N) is 1. The van der Waals surface area contributed by atoms with E-state index >= 15 is 0 Å². The van der Waals surface area contributed by atoms with Gasteiger partial charge >= 0.3 is 0 Å². The van der Waals surface area contributed by atoms with Crippen LogP contribution in [0.3, 0.4) is 0 Å². The SMILES string of the molecule is CN(C)C(=O)c1ccc(Cl)cc1NCc1ccc(CO)cc1. The van der Waals surface area contributed by atoms with E-state index in [1.807, 2.05) is 24.3 Å². The van der Waals surface area contributed by atoms with E-state index in [1.54, 1.807) is 32.3 Å². The molecular weight excluding hydrogens is 300 g/mol. The standard InChI is InChI=1S/C17H19ClN2O2/c1-20(2)17(22)15-8-7-14(18)9-16(15)19-10-12-3-5-13(11-21)6-4-12/h3-9,19,21H,10-11H2,1-2H3. The topological polar surface area (TPSA) is 52.6 Å². The third kappa shape index (κ3) is 4.00. The molecule has 1 amide bonds. The Balaban J connectivity index is 2.17. The lowest BCUT2D eigenvalue weighted by Gasteiger charge is -2.16. The van der Waals surface area contributed by atoms with Crippen molar-refractivity contribution in [1.29, 1.82) is 0 Å². The second-order valence-corrected chi connectivity index (χ2v) is 5.65. The molecule has 4 nitrogen and oxygen atoms in total. The number of anilines is 1. The summed E-state index contributed by atoms with van der Waals surface area (Å²) in [5.74, 6) is -0.0743.